The van der Waals surface area contributed by atoms with E-state index >= 15 is 0 Å². The third kappa shape index (κ3) is 6.30. The van der Waals surface area contributed by atoms with Crippen molar-refractivity contribution in [2.75, 3.05) is 7.11 Å². The molecule has 0 unspecified atom stereocenters. The molecule has 3 aromatic carbocycles. The molecule has 0 aliphatic carbocycles. The first-order chi connectivity index (χ1) is 16.0. The second kappa shape index (κ2) is 11.3. The molecule has 0 saturated heterocycles. The molecule has 3 aromatic rings. The molecule has 0 aliphatic heterocycles. The SMILES string of the molecule is C=CC(=O)O/C=C\Oc1ccc(-c2ccc(-c3ccc(O/C=C\OC)cc3F)cc2)c(F)c1. The zero-order valence-corrected chi connectivity index (χ0v) is 17.7. The van der Waals surface area contributed by atoms with Gasteiger partial charge in [0.2, 0.25) is 0 Å². The van der Waals surface area contributed by atoms with E-state index in [9.17, 15) is 13.6 Å². The van der Waals surface area contributed by atoms with Gasteiger partial charge in [0.05, 0.1) is 7.11 Å². The number of esters is 1. The van der Waals surface area contributed by atoms with Gasteiger partial charge >= 0.3 is 5.97 Å². The van der Waals surface area contributed by atoms with Gasteiger partial charge in [-0.2, -0.15) is 0 Å². The summed E-state index contributed by atoms with van der Waals surface area (Å²) in [6.07, 6.45) is 5.79. The van der Waals surface area contributed by atoms with E-state index in [1.807, 2.05) is 0 Å². The van der Waals surface area contributed by atoms with E-state index in [0.29, 0.717) is 28.0 Å². The Labute approximate surface area is 189 Å². The lowest BCUT2D eigenvalue weighted by molar-refractivity contribution is -0.132. The zero-order valence-electron chi connectivity index (χ0n) is 17.7. The second-order valence-electron chi connectivity index (χ2n) is 6.52. The van der Waals surface area contributed by atoms with Crippen LogP contribution in [0.15, 0.2) is 98.4 Å². The number of carbonyl (C=O) groups is 1. The minimum atomic E-state index is -0.636. The van der Waals surface area contributed by atoms with Crippen molar-refractivity contribution < 1.29 is 32.5 Å². The Hall–Kier alpha value is -4.39. The molecule has 0 aliphatic rings. The van der Waals surface area contributed by atoms with E-state index in [1.165, 1.54) is 31.8 Å². The maximum atomic E-state index is 14.6. The predicted molar refractivity (Wildman–Crippen MR) is 120 cm³/mol. The van der Waals surface area contributed by atoms with Gasteiger partial charge in [0.25, 0.3) is 0 Å². The minimum absolute atomic E-state index is 0.225. The number of methoxy groups -OCH3 is 1. The lowest BCUT2D eigenvalue weighted by atomic mass is 9.99. The molecule has 0 amide bonds. The Kier molecular flexibility index (Phi) is 7.96. The third-order valence-corrected chi connectivity index (χ3v) is 4.39. The van der Waals surface area contributed by atoms with Gasteiger partial charge in [-0.15, -0.1) is 0 Å². The van der Waals surface area contributed by atoms with Crippen LogP contribution in [0.4, 0.5) is 8.78 Å². The third-order valence-electron chi connectivity index (χ3n) is 4.39. The molecular formula is C26H20F2O5. The summed E-state index contributed by atoms with van der Waals surface area (Å²) in [4.78, 5) is 10.9. The highest BCUT2D eigenvalue weighted by molar-refractivity contribution is 5.81. The largest absolute Gasteiger partial charge is 0.501 e. The average Bonchev–Trinajstić information content (AvgIpc) is 2.82. The Morgan fingerprint density at radius 2 is 1.24 bits per heavy atom. The van der Waals surface area contributed by atoms with Crippen LogP contribution in [0, 0.1) is 11.6 Å². The molecule has 0 radical (unpaired) electrons. The number of benzene rings is 3. The molecule has 0 aromatic heterocycles. The standard InChI is InChI=1S/C26H20F2O5/c1-3-26(29)33-15-14-32-21-9-11-23(25(28)17-21)19-6-4-18(5-7-19)22-10-8-20(16-24(22)27)31-13-12-30-2/h3-17H,1H2,2H3/b13-12-,15-14-. The fourth-order valence-corrected chi connectivity index (χ4v) is 2.85. The number of halogens is 2. The average molecular weight is 450 g/mol. The first-order valence-corrected chi connectivity index (χ1v) is 9.71. The quantitative estimate of drug-likeness (QED) is 0.215. The van der Waals surface area contributed by atoms with Crippen molar-refractivity contribution in [3.8, 4) is 33.8 Å². The fraction of sp³-hybridized carbons (Fsp3) is 0.0385. The summed E-state index contributed by atoms with van der Waals surface area (Å²) in [5, 5.41) is 0. The van der Waals surface area contributed by atoms with Gasteiger partial charge in [0.1, 0.15) is 48.2 Å². The van der Waals surface area contributed by atoms with Crippen LogP contribution in [-0.4, -0.2) is 13.1 Å². The van der Waals surface area contributed by atoms with Gasteiger partial charge in [-0.1, -0.05) is 30.8 Å². The minimum Gasteiger partial charge on any atom is -0.501 e. The summed E-state index contributed by atoms with van der Waals surface area (Å²) in [6.45, 7) is 3.26. The lowest BCUT2D eigenvalue weighted by Crippen LogP contribution is -1.93. The molecule has 33 heavy (non-hydrogen) atoms. The fourth-order valence-electron chi connectivity index (χ4n) is 2.85. The van der Waals surface area contributed by atoms with Crippen LogP contribution < -0.4 is 9.47 Å². The number of rotatable bonds is 9. The number of hydrogen-bond donors (Lipinski definition) is 0. The van der Waals surface area contributed by atoms with E-state index in [2.05, 4.69) is 11.3 Å². The first kappa shape index (κ1) is 23.3. The molecule has 0 heterocycles. The first-order valence-electron chi connectivity index (χ1n) is 9.71. The maximum Gasteiger partial charge on any atom is 0.335 e. The van der Waals surface area contributed by atoms with Crippen molar-refractivity contribution in [1.82, 2.24) is 0 Å². The molecule has 0 fully saturated rings. The summed E-state index contributed by atoms with van der Waals surface area (Å²) in [5.74, 6) is -1.04. The van der Waals surface area contributed by atoms with E-state index in [1.54, 1.807) is 48.5 Å². The Morgan fingerprint density at radius 1 is 0.758 bits per heavy atom. The van der Waals surface area contributed by atoms with Gasteiger partial charge in [-0.25, -0.2) is 13.6 Å². The number of ether oxygens (including phenoxy) is 4. The van der Waals surface area contributed by atoms with Crippen LogP contribution in [0.1, 0.15) is 0 Å². The van der Waals surface area contributed by atoms with Crippen LogP contribution in [0.3, 0.4) is 0 Å². The van der Waals surface area contributed by atoms with E-state index in [-0.39, 0.29) is 5.75 Å². The highest BCUT2D eigenvalue weighted by Gasteiger charge is 2.10. The van der Waals surface area contributed by atoms with Crippen molar-refractivity contribution in [2.24, 2.45) is 0 Å². The van der Waals surface area contributed by atoms with Gasteiger partial charge in [-0.3, -0.25) is 0 Å². The molecule has 168 valence electrons. The summed E-state index contributed by atoms with van der Waals surface area (Å²) in [6, 6.07) is 15.7. The molecule has 7 heteroatoms. The molecule has 5 nitrogen and oxygen atoms in total. The van der Waals surface area contributed by atoms with Crippen LogP contribution in [0.5, 0.6) is 11.5 Å². The summed E-state index contributed by atoms with van der Waals surface area (Å²) in [5.41, 5.74) is 1.99. The second-order valence-corrected chi connectivity index (χ2v) is 6.52. The molecular weight excluding hydrogens is 430 g/mol. The normalized spacial score (nSPS) is 10.9. The summed E-state index contributed by atoms with van der Waals surface area (Å²) in [7, 11) is 1.48. The van der Waals surface area contributed by atoms with Crippen LogP contribution in [0.2, 0.25) is 0 Å². The molecule has 0 N–H and O–H groups in total. The smallest absolute Gasteiger partial charge is 0.335 e. The van der Waals surface area contributed by atoms with Crippen molar-refractivity contribution >= 4 is 5.97 Å². The van der Waals surface area contributed by atoms with E-state index in [0.717, 1.165) is 18.6 Å². The number of carbonyl (C=O) groups excluding carboxylic acids is 1. The van der Waals surface area contributed by atoms with Gasteiger partial charge in [0.15, 0.2) is 0 Å². The molecule has 0 spiro atoms. The van der Waals surface area contributed by atoms with E-state index in [4.69, 9.17) is 14.2 Å². The van der Waals surface area contributed by atoms with Crippen molar-refractivity contribution in [1.29, 1.82) is 0 Å². The van der Waals surface area contributed by atoms with Gasteiger partial charge < -0.3 is 18.9 Å². The predicted octanol–water partition coefficient (Wildman–Crippen LogP) is 6.37. The summed E-state index contributed by atoms with van der Waals surface area (Å²) < 4.78 is 48.9. The highest BCUT2D eigenvalue weighted by atomic mass is 19.1. The Balaban J connectivity index is 1.71. The molecule has 0 saturated carbocycles. The summed E-state index contributed by atoms with van der Waals surface area (Å²) >= 11 is 0. The zero-order chi connectivity index (χ0) is 23.6. The van der Waals surface area contributed by atoms with Crippen LogP contribution >= 0.6 is 0 Å². The van der Waals surface area contributed by atoms with E-state index < -0.39 is 17.6 Å². The monoisotopic (exact) mass is 450 g/mol. The van der Waals surface area contributed by atoms with Crippen molar-refractivity contribution in [3.05, 3.63) is 110 Å². The Morgan fingerprint density at radius 3 is 1.67 bits per heavy atom. The molecule has 0 bridgehead atoms. The van der Waals surface area contributed by atoms with Crippen molar-refractivity contribution in [2.45, 2.75) is 0 Å². The van der Waals surface area contributed by atoms with Gasteiger partial charge in [-0.05, 0) is 35.4 Å². The highest BCUT2D eigenvalue weighted by Crippen LogP contribution is 2.31. The number of hydrogen-bond acceptors (Lipinski definition) is 5. The molecule has 0 atom stereocenters. The lowest BCUT2D eigenvalue weighted by Gasteiger charge is -2.09. The van der Waals surface area contributed by atoms with Crippen molar-refractivity contribution in [3.63, 3.8) is 0 Å². The Bertz CT molecular complexity index is 1180. The maximum absolute atomic E-state index is 14.6. The van der Waals surface area contributed by atoms with Crippen LogP contribution in [-0.2, 0) is 14.3 Å². The topological polar surface area (TPSA) is 54.0 Å². The van der Waals surface area contributed by atoms with Crippen LogP contribution in [0.25, 0.3) is 22.3 Å². The van der Waals surface area contributed by atoms with Gasteiger partial charge in [0, 0.05) is 29.3 Å². The molecule has 3 rings (SSSR count).